The Morgan fingerprint density at radius 1 is 1.64 bits per heavy atom. The van der Waals surface area contributed by atoms with Crippen LogP contribution in [-0.4, -0.2) is 12.6 Å². The third kappa shape index (κ3) is 2.49. The zero-order valence-electron chi connectivity index (χ0n) is 8.46. The molecule has 0 aromatic carbocycles. The Balaban J connectivity index is 3.00. The molecule has 0 aliphatic carbocycles. The number of ether oxygens (including phenoxy) is 1. The van der Waals surface area contributed by atoms with E-state index in [1.165, 1.54) is 11.3 Å². The van der Waals surface area contributed by atoms with Crippen molar-refractivity contribution >= 4 is 28.9 Å². The molecule has 0 saturated carbocycles. The Morgan fingerprint density at radius 3 is 2.79 bits per heavy atom. The summed E-state index contributed by atoms with van der Waals surface area (Å²) in [5, 5.41) is 0. The predicted molar refractivity (Wildman–Crippen MR) is 59.4 cm³/mol. The number of hydrogen-bond acceptors (Lipinski definition) is 3. The van der Waals surface area contributed by atoms with Crippen LogP contribution in [0.1, 0.15) is 41.9 Å². The van der Waals surface area contributed by atoms with Gasteiger partial charge in [-0.05, 0) is 24.5 Å². The van der Waals surface area contributed by atoms with Crippen molar-refractivity contribution < 1.29 is 9.53 Å². The first-order valence-electron chi connectivity index (χ1n) is 4.52. The molecule has 0 saturated heterocycles. The molecule has 1 rings (SSSR count). The third-order valence-electron chi connectivity index (χ3n) is 1.81. The molecule has 0 radical (unpaired) electrons. The minimum atomic E-state index is -0.270. The van der Waals surface area contributed by atoms with E-state index in [1.54, 1.807) is 6.92 Å². The predicted octanol–water partition coefficient (Wildman–Crippen LogP) is 3.70. The van der Waals surface area contributed by atoms with Gasteiger partial charge in [0.05, 0.1) is 10.9 Å². The van der Waals surface area contributed by atoms with E-state index in [0.29, 0.717) is 15.8 Å². The molecule has 0 aliphatic rings. The van der Waals surface area contributed by atoms with Gasteiger partial charge in [0.2, 0.25) is 0 Å². The second-order valence-corrected chi connectivity index (χ2v) is 4.89. The molecule has 0 N–H and O–H groups in total. The number of thiophene rings is 1. The lowest BCUT2D eigenvalue weighted by Gasteiger charge is -2.05. The number of halogens is 1. The van der Waals surface area contributed by atoms with Gasteiger partial charge in [0.1, 0.15) is 4.88 Å². The molecular weight excluding hydrogens is 220 g/mol. The molecule has 4 heteroatoms. The van der Waals surface area contributed by atoms with Crippen molar-refractivity contribution in [2.75, 3.05) is 6.61 Å². The lowest BCUT2D eigenvalue weighted by atomic mass is 10.0. The van der Waals surface area contributed by atoms with Gasteiger partial charge in [-0.3, -0.25) is 0 Å². The van der Waals surface area contributed by atoms with E-state index < -0.39 is 0 Å². The maximum Gasteiger partial charge on any atom is 0.348 e. The lowest BCUT2D eigenvalue weighted by Crippen LogP contribution is -2.05. The quantitative estimate of drug-likeness (QED) is 0.743. The summed E-state index contributed by atoms with van der Waals surface area (Å²) in [6.07, 6.45) is 0. The van der Waals surface area contributed by atoms with Gasteiger partial charge in [0.25, 0.3) is 0 Å². The molecule has 2 nitrogen and oxygen atoms in total. The summed E-state index contributed by atoms with van der Waals surface area (Å²) in [5.74, 6) is 0.0197. The van der Waals surface area contributed by atoms with E-state index in [4.69, 9.17) is 16.3 Å². The lowest BCUT2D eigenvalue weighted by molar-refractivity contribution is 0.0530. The topological polar surface area (TPSA) is 26.3 Å². The third-order valence-corrected chi connectivity index (χ3v) is 3.07. The van der Waals surface area contributed by atoms with Crippen LogP contribution >= 0.6 is 22.9 Å². The summed E-state index contributed by atoms with van der Waals surface area (Å²) in [6.45, 7) is 6.25. The van der Waals surface area contributed by atoms with E-state index in [0.717, 1.165) is 5.56 Å². The average molecular weight is 233 g/mol. The second-order valence-electron chi connectivity index (χ2n) is 3.21. The first kappa shape index (κ1) is 11.5. The van der Waals surface area contributed by atoms with Gasteiger partial charge in [-0.1, -0.05) is 25.4 Å². The first-order valence-corrected chi connectivity index (χ1v) is 5.72. The Labute approximate surface area is 92.8 Å². The summed E-state index contributed by atoms with van der Waals surface area (Å²) >= 11 is 7.15. The van der Waals surface area contributed by atoms with Crippen molar-refractivity contribution in [2.24, 2.45) is 0 Å². The minimum absolute atomic E-state index is 0.270. The van der Waals surface area contributed by atoms with Gasteiger partial charge in [0, 0.05) is 0 Å². The monoisotopic (exact) mass is 232 g/mol. The smallest absolute Gasteiger partial charge is 0.348 e. The van der Waals surface area contributed by atoms with Gasteiger partial charge >= 0.3 is 5.97 Å². The highest BCUT2D eigenvalue weighted by molar-refractivity contribution is 7.18. The van der Waals surface area contributed by atoms with Crippen molar-refractivity contribution in [1.82, 2.24) is 0 Å². The van der Waals surface area contributed by atoms with Crippen molar-refractivity contribution in [3.8, 4) is 0 Å². The molecule has 0 amide bonds. The van der Waals surface area contributed by atoms with E-state index in [1.807, 2.05) is 19.9 Å². The van der Waals surface area contributed by atoms with Crippen molar-refractivity contribution in [2.45, 2.75) is 26.7 Å². The highest BCUT2D eigenvalue weighted by Gasteiger charge is 2.18. The molecule has 1 aromatic rings. The van der Waals surface area contributed by atoms with Gasteiger partial charge in [-0.25, -0.2) is 4.79 Å². The fourth-order valence-electron chi connectivity index (χ4n) is 1.16. The van der Waals surface area contributed by atoms with Crippen LogP contribution in [-0.2, 0) is 4.74 Å². The molecule has 0 spiro atoms. The molecule has 0 atom stereocenters. The molecule has 0 bridgehead atoms. The largest absolute Gasteiger partial charge is 0.462 e. The van der Waals surface area contributed by atoms with Crippen molar-refractivity contribution in [3.63, 3.8) is 0 Å². The van der Waals surface area contributed by atoms with Crippen LogP contribution in [0.15, 0.2) is 6.07 Å². The maximum atomic E-state index is 11.5. The van der Waals surface area contributed by atoms with Crippen molar-refractivity contribution in [3.05, 3.63) is 20.8 Å². The van der Waals surface area contributed by atoms with Gasteiger partial charge in [-0.2, -0.15) is 0 Å². The van der Waals surface area contributed by atoms with Crippen LogP contribution in [0.25, 0.3) is 0 Å². The average Bonchev–Trinajstić information content (AvgIpc) is 2.48. The molecule has 14 heavy (non-hydrogen) atoms. The summed E-state index contributed by atoms with van der Waals surface area (Å²) in [6, 6.07) is 1.84. The summed E-state index contributed by atoms with van der Waals surface area (Å²) in [5.41, 5.74) is 0.971. The summed E-state index contributed by atoms with van der Waals surface area (Å²) in [7, 11) is 0. The molecule has 0 aliphatic heterocycles. The van der Waals surface area contributed by atoms with Crippen LogP contribution in [0.3, 0.4) is 0 Å². The molecule has 0 unspecified atom stereocenters. The number of hydrogen-bond donors (Lipinski definition) is 0. The fraction of sp³-hybridized carbons (Fsp3) is 0.500. The molecule has 0 fully saturated rings. The van der Waals surface area contributed by atoms with E-state index in [9.17, 15) is 4.79 Å². The number of carbonyl (C=O) groups is 1. The highest BCUT2D eigenvalue weighted by atomic mass is 35.5. The van der Waals surface area contributed by atoms with Crippen LogP contribution in [0.5, 0.6) is 0 Å². The van der Waals surface area contributed by atoms with Crippen LogP contribution in [0.4, 0.5) is 0 Å². The fourth-order valence-corrected chi connectivity index (χ4v) is 2.44. The van der Waals surface area contributed by atoms with Crippen molar-refractivity contribution in [1.29, 1.82) is 0 Å². The Kier molecular flexibility index (Phi) is 3.96. The standard InChI is InChI=1S/C10H13ClO2S/c1-4-13-10(12)9-7(6(2)3)5-8(11)14-9/h5-6H,4H2,1-3H3. The molecule has 78 valence electrons. The van der Waals surface area contributed by atoms with Crippen LogP contribution < -0.4 is 0 Å². The minimum Gasteiger partial charge on any atom is -0.462 e. The molecular formula is C10H13ClO2S. The Bertz CT molecular complexity index is 331. The molecule has 1 aromatic heterocycles. The normalized spacial score (nSPS) is 10.6. The van der Waals surface area contributed by atoms with E-state index in [2.05, 4.69) is 0 Å². The number of rotatable bonds is 3. The Hall–Kier alpha value is -0.540. The number of esters is 1. The van der Waals surface area contributed by atoms with Gasteiger partial charge in [0.15, 0.2) is 0 Å². The van der Waals surface area contributed by atoms with Gasteiger partial charge in [-0.15, -0.1) is 11.3 Å². The SMILES string of the molecule is CCOC(=O)c1sc(Cl)cc1C(C)C. The number of carbonyl (C=O) groups excluding carboxylic acids is 1. The zero-order valence-corrected chi connectivity index (χ0v) is 10.0. The van der Waals surface area contributed by atoms with Crippen LogP contribution in [0, 0.1) is 0 Å². The second kappa shape index (κ2) is 4.80. The molecule has 1 heterocycles. The highest BCUT2D eigenvalue weighted by Crippen LogP contribution is 2.32. The zero-order chi connectivity index (χ0) is 10.7. The maximum absolute atomic E-state index is 11.5. The van der Waals surface area contributed by atoms with Crippen LogP contribution in [0.2, 0.25) is 4.34 Å². The summed E-state index contributed by atoms with van der Waals surface area (Å²) < 4.78 is 5.58. The van der Waals surface area contributed by atoms with E-state index in [-0.39, 0.29) is 11.9 Å². The van der Waals surface area contributed by atoms with Gasteiger partial charge < -0.3 is 4.74 Å². The summed E-state index contributed by atoms with van der Waals surface area (Å²) in [4.78, 5) is 12.1. The van der Waals surface area contributed by atoms with E-state index >= 15 is 0 Å². The Morgan fingerprint density at radius 2 is 2.29 bits per heavy atom. The first-order chi connectivity index (χ1) is 6.56.